The maximum Gasteiger partial charge on any atom is 0.133 e. The molecule has 1 unspecified atom stereocenters. The molecule has 0 bridgehead atoms. The SMILES string of the molecule is Cc1cccc(C(CC(=O)CCCCn2ccnc2)c2cn(Cc3ccccc3)c3ccccc23)c1.Cl. The summed E-state index contributed by atoms with van der Waals surface area (Å²) < 4.78 is 4.40. The van der Waals surface area contributed by atoms with Crippen molar-refractivity contribution in [2.45, 2.75) is 51.6 Å². The number of Topliss-reactive ketones (excluding diaryl/α,β-unsaturated/α-hetero) is 1. The van der Waals surface area contributed by atoms with Crippen LogP contribution in [0.2, 0.25) is 0 Å². The monoisotopic (exact) mass is 511 g/mol. The zero-order chi connectivity index (χ0) is 24.7. The van der Waals surface area contributed by atoms with Crippen molar-refractivity contribution in [3.8, 4) is 0 Å². The molecule has 190 valence electrons. The van der Waals surface area contributed by atoms with Crippen molar-refractivity contribution in [1.29, 1.82) is 0 Å². The summed E-state index contributed by atoms with van der Waals surface area (Å²) in [5, 5.41) is 1.23. The molecule has 5 aromatic rings. The molecule has 0 radical (unpaired) electrons. The molecule has 0 N–H and O–H groups in total. The van der Waals surface area contributed by atoms with Crippen LogP contribution in [0.4, 0.5) is 0 Å². The number of hydrogen-bond donors (Lipinski definition) is 0. The number of rotatable bonds is 11. The zero-order valence-electron chi connectivity index (χ0n) is 21.3. The predicted octanol–water partition coefficient (Wildman–Crippen LogP) is 7.58. The van der Waals surface area contributed by atoms with Gasteiger partial charge in [-0.05, 0) is 42.5 Å². The number of carbonyl (C=O) groups excluding carboxylic acids is 1. The van der Waals surface area contributed by atoms with E-state index in [-0.39, 0.29) is 18.3 Å². The molecule has 0 saturated carbocycles. The Hall–Kier alpha value is -3.63. The predicted molar refractivity (Wildman–Crippen MR) is 153 cm³/mol. The number of imidazole rings is 1. The minimum absolute atomic E-state index is 0. The van der Waals surface area contributed by atoms with Crippen LogP contribution in [0, 0.1) is 6.92 Å². The second-order valence-electron chi connectivity index (χ2n) is 9.68. The van der Waals surface area contributed by atoms with Crippen LogP contribution in [0.3, 0.4) is 0 Å². The van der Waals surface area contributed by atoms with Crippen molar-refractivity contribution < 1.29 is 4.79 Å². The van der Waals surface area contributed by atoms with E-state index in [2.05, 4.69) is 106 Å². The van der Waals surface area contributed by atoms with Crippen LogP contribution >= 0.6 is 12.4 Å². The van der Waals surface area contributed by atoms with Gasteiger partial charge in [-0.3, -0.25) is 4.79 Å². The van der Waals surface area contributed by atoms with Gasteiger partial charge in [0.05, 0.1) is 6.33 Å². The van der Waals surface area contributed by atoms with Crippen molar-refractivity contribution in [2.24, 2.45) is 0 Å². The molecule has 1 atom stereocenters. The van der Waals surface area contributed by atoms with Crippen LogP contribution in [0.1, 0.15) is 53.9 Å². The smallest absolute Gasteiger partial charge is 0.133 e. The Bertz CT molecular complexity index is 1420. The van der Waals surface area contributed by atoms with Gasteiger partial charge in [0.1, 0.15) is 5.78 Å². The molecule has 0 aliphatic heterocycles. The summed E-state index contributed by atoms with van der Waals surface area (Å²) >= 11 is 0. The second kappa shape index (κ2) is 12.6. The third-order valence-electron chi connectivity index (χ3n) is 6.95. The molecule has 5 rings (SSSR count). The van der Waals surface area contributed by atoms with Crippen molar-refractivity contribution in [1.82, 2.24) is 14.1 Å². The van der Waals surface area contributed by atoms with Crippen molar-refractivity contribution in [3.63, 3.8) is 0 Å². The minimum atomic E-state index is 0. The van der Waals surface area contributed by atoms with Crippen LogP contribution in [0.25, 0.3) is 10.9 Å². The van der Waals surface area contributed by atoms with Crippen LogP contribution in [-0.2, 0) is 17.9 Å². The molecule has 5 heteroatoms. The Labute approximate surface area is 225 Å². The minimum Gasteiger partial charge on any atom is -0.343 e. The molecule has 37 heavy (non-hydrogen) atoms. The number of carbonyl (C=O) groups is 1. The largest absolute Gasteiger partial charge is 0.343 e. The standard InChI is InChI=1S/C32H33N3O.ClH/c1-25-10-9-13-27(20-25)30(21-28(36)14-7-8-18-34-19-17-33-24-34)31-23-35(22-26-11-3-2-4-12-26)32-16-6-5-15-29(31)32;/h2-6,9-13,15-17,19-20,23-24,30H,7-8,14,18,21-22H2,1H3;1H. The molecule has 2 heterocycles. The molecule has 3 aromatic carbocycles. The van der Waals surface area contributed by atoms with Crippen LogP contribution in [0.15, 0.2) is 104 Å². The zero-order valence-corrected chi connectivity index (χ0v) is 22.1. The average molecular weight is 512 g/mol. The van der Waals surface area contributed by atoms with Crippen LogP contribution < -0.4 is 0 Å². The number of hydrogen-bond acceptors (Lipinski definition) is 2. The van der Waals surface area contributed by atoms with Gasteiger partial charge in [0.15, 0.2) is 0 Å². The molecular formula is C32H34ClN3O. The Kier molecular flexibility index (Phi) is 8.97. The number of fused-ring (bicyclic) bond motifs is 1. The van der Waals surface area contributed by atoms with E-state index in [1.165, 1.54) is 33.2 Å². The summed E-state index contributed by atoms with van der Waals surface area (Å²) in [5.41, 5.74) is 6.15. The topological polar surface area (TPSA) is 39.8 Å². The second-order valence-corrected chi connectivity index (χ2v) is 9.68. The first-order valence-corrected chi connectivity index (χ1v) is 12.8. The fourth-order valence-electron chi connectivity index (χ4n) is 5.12. The van der Waals surface area contributed by atoms with E-state index < -0.39 is 0 Å². The van der Waals surface area contributed by atoms with Gasteiger partial charge >= 0.3 is 0 Å². The average Bonchev–Trinajstić information content (AvgIpc) is 3.54. The highest BCUT2D eigenvalue weighted by Gasteiger charge is 2.23. The van der Waals surface area contributed by atoms with E-state index in [1.54, 1.807) is 6.20 Å². The van der Waals surface area contributed by atoms with E-state index in [0.717, 1.165) is 25.9 Å². The van der Waals surface area contributed by atoms with Crippen molar-refractivity contribution in [3.05, 3.63) is 126 Å². The summed E-state index contributed by atoms with van der Waals surface area (Å²) in [7, 11) is 0. The van der Waals surface area contributed by atoms with Gasteiger partial charge in [-0.2, -0.15) is 0 Å². The Balaban J connectivity index is 0.00000320. The quantitative estimate of drug-likeness (QED) is 0.171. The molecule has 0 amide bonds. The number of para-hydroxylation sites is 1. The summed E-state index contributed by atoms with van der Waals surface area (Å²) in [5.74, 6) is 0.361. The fraction of sp³-hybridized carbons (Fsp3) is 0.250. The molecule has 4 nitrogen and oxygen atoms in total. The number of halogens is 1. The lowest BCUT2D eigenvalue weighted by atomic mass is 9.85. The Morgan fingerprint density at radius 3 is 2.54 bits per heavy atom. The summed E-state index contributed by atoms with van der Waals surface area (Å²) in [6.45, 7) is 3.84. The first-order valence-electron chi connectivity index (χ1n) is 12.8. The van der Waals surface area contributed by atoms with Gasteiger partial charge < -0.3 is 9.13 Å². The third kappa shape index (κ3) is 6.58. The fourth-order valence-corrected chi connectivity index (χ4v) is 5.12. The summed E-state index contributed by atoms with van der Waals surface area (Å²) in [4.78, 5) is 17.4. The maximum atomic E-state index is 13.3. The Morgan fingerprint density at radius 2 is 1.76 bits per heavy atom. The van der Waals surface area contributed by atoms with E-state index in [0.29, 0.717) is 18.6 Å². The van der Waals surface area contributed by atoms with Gasteiger partial charge in [0.25, 0.3) is 0 Å². The number of unbranched alkanes of at least 4 members (excludes halogenated alkanes) is 1. The summed E-state index contributed by atoms with van der Waals surface area (Å²) in [6, 6.07) is 27.8. The Morgan fingerprint density at radius 1 is 0.946 bits per heavy atom. The first-order chi connectivity index (χ1) is 17.7. The van der Waals surface area contributed by atoms with Crippen LogP contribution in [0.5, 0.6) is 0 Å². The van der Waals surface area contributed by atoms with E-state index in [4.69, 9.17) is 0 Å². The lowest BCUT2D eigenvalue weighted by Gasteiger charge is -2.17. The number of nitrogens with zero attached hydrogens (tertiary/aromatic N) is 3. The number of ketones is 1. The third-order valence-corrected chi connectivity index (χ3v) is 6.95. The lowest BCUT2D eigenvalue weighted by molar-refractivity contribution is -0.119. The highest BCUT2D eigenvalue weighted by Crippen LogP contribution is 2.36. The number of benzene rings is 3. The van der Waals surface area contributed by atoms with E-state index in [1.807, 2.05) is 12.5 Å². The van der Waals surface area contributed by atoms with Gasteiger partial charge in [0, 0.05) is 61.3 Å². The van der Waals surface area contributed by atoms with Crippen LogP contribution in [-0.4, -0.2) is 19.9 Å². The molecule has 0 fully saturated rings. The molecular weight excluding hydrogens is 478 g/mol. The number of aryl methyl sites for hydroxylation is 2. The van der Waals surface area contributed by atoms with E-state index >= 15 is 0 Å². The first kappa shape index (κ1) is 26.4. The van der Waals surface area contributed by atoms with Gasteiger partial charge in [-0.25, -0.2) is 4.98 Å². The van der Waals surface area contributed by atoms with Crippen molar-refractivity contribution in [2.75, 3.05) is 0 Å². The molecule has 0 aliphatic rings. The van der Waals surface area contributed by atoms with Gasteiger partial charge in [-0.1, -0.05) is 78.4 Å². The highest BCUT2D eigenvalue weighted by molar-refractivity contribution is 5.87. The lowest BCUT2D eigenvalue weighted by Crippen LogP contribution is -2.09. The number of aromatic nitrogens is 3. The highest BCUT2D eigenvalue weighted by atomic mass is 35.5. The van der Waals surface area contributed by atoms with Gasteiger partial charge in [0.2, 0.25) is 0 Å². The maximum absolute atomic E-state index is 13.3. The van der Waals surface area contributed by atoms with E-state index in [9.17, 15) is 4.79 Å². The normalized spacial score (nSPS) is 11.8. The van der Waals surface area contributed by atoms with Crippen molar-refractivity contribution >= 4 is 29.1 Å². The van der Waals surface area contributed by atoms with Gasteiger partial charge in [-0.15, -0.1) is 12.4 Å². The molecule has 0 saturated heterocycles. The molecule has 2 aromatic heterocycles. The summed E-state index contributed by atoms with van der Waals surface area (Å²) in [6.07, 6.45) is 10.9. The molecule has 0 aliphatic carbocycles. The molecule has 0 spiro atoms.